The maximum atomic E-state index is 14.6. The molecule has 4 rings (SSSR count). The summed E-state index contributed by atoms with van der Waals surface area (Å²) in [6.45, 7) is 6.93. The van der Waals surface area contributed by atoms with Crippen molar-refractivity contribution in [2.45, 2.75) is 39.8 Å². The van der Waals surface area contributed by atoms with Gasteiger partial charge in [0.25, 0.3) is 0 Å². The molecule has 0 amide bonds. The third-order valence-corrected chi connectivity index (χ3v) is 4.81. The molecule has 0 saturated heterocycles. The fourth-order valence-corrected chi connectivity index (χ4v) is 3.56. The van der Waals surface area contributed by atoms with Gasteiger partial charge in [-0.15, -0.1) is 0 Å². The van der Waals surface area contributed by atoms with Crippen LogP contribution in [-0.4, -0.2) is 32.5 Å². The third kappa shape index (κ3) is 3.38. The predicted octanol–water partition coefficient (Wildman–Crippen LogP) is 3.39. The molecule has 0 aromatic carbocycles. The van der Waals surface area contributed by atoms with Crippen molar-refractivity contribution in [1.29, 1.82) is 0 Å². The summed E-state index contributed by atoms with van der Waals surface area (Å²) in [5, 5.41) is 3.44. The van der Waals surface area contributed by atoms with Gasteiger partial charge in [0.05, 0.1) is 18.4 Å². The summed E-state index contributed by atoms with van der Waals surface area (Å²) < 4.78 is 21.9. The van der Waals surface area contributed by atoms with Gasteiger partial charge in [0.2, 0.25) is 5.88 Å². The highest BCUT2D eigenvalue weighted by molar-refractivity contribution is 5.84. The van der Waals surface area contributed by atoms with Crippen molar-refractivity contribution in [3.05, 3.63) is 59.2 Å². The summed E-state index contributed by atoms with van der Waals surface area (Å²) in [6, 6.07) is 1.60. The summed E-state index contributed by atoms with van der Waals surface area (Å²) in [5.41, 5.74) is 3.57. The van der Waals surface area contributed by atoms with Crippen molar-refractivity contribution >= 4 is 11.2 Å². The number of rotatable bonds is 4. The fourth-order valence-electron chi connectivity index (χ4n) is 3.56. The van der Waals surface area contributed by atoms with Crippen molar-refractivity contribution in [2.24, 2.45) is 5.92 Å². The number of hydrogen-bond donors (Lipinski definition) is 1. The summed E-state index contributed by atoms with van der Waals surface area (Å²) in [4.78, 5) is 13.5. The SMILES string of the molecule is COc1nc(CC(C)C)nc2c1C(c1cc(F)c3nccn3c1)=C[C@@H](C)NC2. The number of methoxy groups -OCH3 is 1. The van der Waals surface area contributed by atoms with Crippen LogP contribution in [0.5, 0.6) is 5.88 Å². The van der Waals surface area contributed by atoms with Crippen molar-refractivity contribution in [1.82, 2.24) is 24.7 Å². The van der Waals surface area contributed by atoms with Crippen LogP contribution in [-0.2, 0) is 13.0 Å². The first-order valence-electron chi connectivity index (χ1n) is 9.48. The number of hydrogen-bond acceptors (Lipinski definition) is 5. The molecule has 146 valence electrons. The second kappa shape index (κ2) is 7.31. The average Bonchev–Trinajstić information content (AvgIpc) is 3.06. The van der Waals surface area contributed by atoms with Gasteiger partial charge in [0, 0.05) is 43.2 Å². The number of aromatic nitrogens is 4. The Morgan fingerprint density at radius 3 is 2.93 bits per heavy atom. The van der Waals surface area contributed by atoms with Crippen LogP contribution in [0, 0.1) is 11.7 Å². The number of nitrogens with one attached hydrogen (secondary N) is 1. The van der Waals surface area contributed by atoms with Crippen molar-refractivity contribution in [2.75, 3.05) is 7.11 Å². The second-order valence-electron chi connectivity index (χ2n) is 7.55. The van der Waals surface area contributed by atoms with Crippen molar-refractivity contribution in [3.8, 4) is 5.88 Å². The zero-order valence-electron chi connectivity index (χ0n) is 16.5. The van der Waals surface area contributed by atoms with Gasteiger partial charge in [-0.3, -0.25) is 0 Å². The van der Waals surface area contributed by atoms with Crippen LogP contribution in [0.1, 0.15) is 43.4 Å². The highest BCUT2D eigenvalue weighted by atomic mass is 19.1. The lowest BCUT2D eigenvalue weighted by Crippen LogP contribution is -2.23. The summed E-state index contributed by atoms with van der Waals surface area (Å²) in [6.07, 6.45) is 8.04. The minimum Gasteiger partial charge on any atom is -0.480 e. The van der Waals surface area contributed by atoms with E-state index in [0.29, 0.717) is 24.0 Å². The number of imidazole rings is 1. The molecule has 28 heavy (non-hydrogen) atoms. The predicted molar refractivity (Wildman–Crippen MR) is 106 cm³/mol. The monoisotopic (exact) mass is 381 g/mol. The Labute approximate surface area is 163 Å². The average molecular weight is 381 g/mol. The highest BCUT2D eigenvalue weighted by Gasteiger charge is 2.24. The molecule has 0 fully saturated rings. The number of halogens is 1. The molecule has 0 radical (unpaired) electrons. The van der Waals surface area contributed by atoms with Gasteiger partial charge in [0.15, 0.2) is 11.5 Å². The van der Waals surface area contributed by atoms with Crippen LogP contribution in [0.3, 0.4) is 0 Å². The van der Waals surface area contributed by atoms with Crippen molar-refractivity contribution in [3.63, 3.8) is 0 Å². The largest absolute Gasteiger partial charge is 0.480 e. The molecule has 1 aliphatic rings. The first-order chi connectivity index (χ1) is 13.5. The molecule has 3 aromatic rings. The number of pyridine rings is 1. The van der Waals surface area contributed by atoms with Gasteiger partial charge in [-0.05, 0) is 24.5 Å². The standard InChI is InChI=1S/C21H24FN5O/c1-12(2)7-18-25-17-10-24-13(3)8-15(19(17)21(26-18)28-4)14-9-16(22)20-23-5-6-27(20)11-14/h5-6,8-9,11-13,24H,7,10H2,1-4H3/t13-/m1/s1. The molecule has 0 spiro atoms. The van der Waals surface area contributed by atoms with Gasteiger partial charge in [-0.1, -0.05) is 19.9 Å². The smallest absolute Gasteiger partial charge is 0.224 e. The van der Waals surface area contributed by atoms with Crippen LogP contribution >= 0.6 is 0 Å². The second-order valence-corrected chi connectivity index (χ2v) is 7.55. The molecule has 1 N–H and O–H groups in total. The van der Waals surface area contributed by atoms with Crippen LogP contribution < -0.4 is 10.1 Å². The molecule has 0 aliphatic carbocycles. The molecular weight excluding hydrogens is 357 g/mol. The molecule has 7 heteroatoms. The first kappa shape index (κ1) is 18.6. The molecule has 4 heterocycles. The Balaban J connectivity index is 1.92. The van der Waals surface area contributed by atoms with Gasteiger partial charge in [-0.25, -0.2) is 14.4 Å². The molecule has 0 saturated carbocycles. The molecule has 6 nitrogen and oxygen atoms in total. The third-order valence-electron chi connectivity index (χ3n) is 4.81. The Kier molecular flexibility index (Phi) is 4.85. The van der Waals surface area contributed by atoms with E-state index in [1.54, 1.807) is 23.9 Å². The molecule has 1 atom stereocenters. The molecule has 0 bridgehead atoms. The Morgan fingerprint density at radius 2 is 2.18 bits per heavy atom. The first-order valence-corrected chi connectivity index (χ1v) is 9.48. The van der Waals surface area contributed by atoms with Gasteiger partial charge in [-0.2, -0.15) is 4.98 Å². The minimum absolute atomic E-state index is 0.0870. The normalized spacial score (nSPS) is 16.8. The molecule has 1 aliphatic heterocycles. The zero-order valence-corrected chi connectivity index (χ0v) is 16.5. The quantitative estimate of drug-likeness (QED) is 0.750. The van der Waals surface area contributed by atoms with E-state index in [2.05, 4.69) is 42.1 Å². The van der Waals surface area contributed by atoms with E-state index < -0.39 is 0 Å². The van der Waals surface area contributed by atoms with E-state index in [0.717, 1.165) is 34.6 Å². The maximum absolute atomic E-state index is 14.6. The van der Waals surface area contributed by atoms with Crippen LogP contribution in [0.4, 0.5) is 4.39 Å². The number of ether oxygens (including phenoxy) is 1. The topological polar surface area (TPSA) is 64.3 Å². The Bertz CT molecular complexity index is 1060. The van der Waals surface area contributed by atoms with Crippen molar-refractivity contribution < 1.29 is 9.13 Å². The zero-order chi connectivity index (χ0) is 19.8. The van der Waals surface area contributed by atoms with Gasteiger partial charge >= 0.3 is 0 Å². The van der Waals surface area contributed by atoms with Crippen LogP contribution in [0.2, 0.25) is 0 Å². The van der Waals surface area contributed by atoms with E-state index in [-0.39, 0.29) is 11.9 Å². The summed E-state index contributed by atoms with van der Waals surface area (Å²) >= 11 is 0. The molecule has 3 aromatic heterocycles. The lowest BCUT2D eigenvalue weighted by molar-refractivity contribution is 0.390. The lowest BCUT2D eigenvalue weighted by atomic mass is 9.97. The van der Waals surface area contributed by atoms with Crippen LogP contribution in [0.25, 0.3) is 11.2 Å². The van der Waals surface area contributed by atoms with E-state index in [1.165, 1.54) is 6.07 Å². The van der Waals surface area contributed by atoms with E-state index >= 15 is 0 Å². The van der Waals surface area contributed by atoms with E-state index in [9.17, 15) is 4.39 Å². The molecular formula is C21H24FN5O. The Morgan fingerprint density at radius 1 is 1.36 bits per heavy atom. The van der Waals surface area contributed by atoms with E-state index in [1.807, 2.05) is 6.20 Å². The minimum atomic E-state index is -0.369. The van der Waals surface area contributed by atoms with E-state index in [4.69, 9.17) is 9.72 Å². The van der Waals surface area contributed by atoms with Gasteiger partial charge < -0.3 is 14.5 Å². The summed E-state index contributed by atoms with van der Waals surface area (Å²) in [7, 11) is 1.61. The fraction of sp³-hybridized carbons (Fsp3) is 0.381. The number of fused-ring (bicyclic) bond motifs is 2. The van der Waals surface area contributed by atoms with Gasteiger partial charge in [0.1, 0.15) is 5.82 Å². The number of nitrogens with zero attached hydrogens (tertiary/aromatic N) is 4. The summed E-state index contributed by atoms with van der Waals surface area (Å²) in [5.74, 6) is 1.35. The lowest BCUT2D eigenvalue weighted by Gasteiger charge is -2.16. The van der Waals surface area contributed by atoms with Crippen LogP contribution in [0.15, 0.2) is 30.7 Å². The highest BCUT2D eigenvalue weighted by Crippen LogP contribution is 2.35. The maximum Gasteiger partial charge on any atom is 0.224 e. The Hall–Kier alpha value is -2.80. The molecule has 0 unspecified atom stereocenters.